The van der Waals surface area contributed by atoms with Crippen molar-refractivity contribution < 1.29 is 4.42 Å². The molecule has 4 rings (SSSR count). The van der Waals surface area contributed by atoms with Crippen LogP contribution in [0.4, 0.5) is 11.1 Å². The molecule has 104 valence electrons. The molecular weight excluding hydrogens is 282 g/mol. The van der Waals surface area contributed by atoms with E-state index in [1.807, 2.05) is 31.2 Å². The lowest BCUT2D eigenvalue weighted by atomic mass is 10.2. The summed E-state index contributed by atoms with van der Waals surface area (Å²) in [6.45, 7) is 4.11. The molecule has 0 aliphatic heterocycles. The molecule has 0 aliphatic carbocycles. The van der Waals surface area contributed by atoms with Crippen molar-refractivity contribution in [3.8, 4) is 0 Å². The minimum atomic E-state index is 0.478. The maximum atomic E-state index is 5.72. The van der Waals surface area contributed by atoms with Gasteiger partial charge in [0.15, 0.2) is 10.7 Å². The molecule has 0 bridgehead atoms. The fraction of sp³-hybridized carbons (Fsp3) is 0.125. The van der Waals surface area contributed by atoms with E-state index >= 15 is 0 Å². The van der Waals surface area contributed by atoms with E-state index in [9.17, 15) is 0 Å². The number of thiazole rings is 1. The van der Waals surface area contributed by atoms with Gasteiger partial charge in [0.2, 0.25) is 0 Å². The third-order valence-electron chi connectivity index (χ3n) is 3.30. The molecule has 4 nitrogen and oxygen atoms in total. The first-order chi connectivity index (χ1) is 10.2. The number of benzene rings is 2. The van der Waals surface area contributed by atoms with E-state index in [0.717, 1.165) is 32.0 Å². The van der Waals surface area contributed by atoms with E-state index in [1.165, 1.54) is 5.56 Å². The number of nitrogens with zero attached hydrogens (tertiary/aromatic N) is 2. The first-order valence-corrected chi connectivity index (χ1v) is 7.50. The van der Waals surface area contributed by atoms with Gasteiger partial charge in [0, 0.05) is 0 Å². The van der Waals surface area contributed by atoms with E-state index in [4.69, 9.17) is 4.42 Å². The molecule has 0 spiro atoms. The standard InChI is InChI=1S/C16H13N3OS/c1-9-3-5-11-13(7-9)20-15(17-11)19-16-18-12-6-4-10(2)8-14(12)21-16/h3-8H,1-2H3,(H,17,18,19). The molecule has 0 saturated heterocycles. The number of hydrogen-bond acceptors (Lipinski definition) is 5. The van der Waals surface area contributed by atoms with Crippen LogP contribution in [0.2, 0.25) is 0 Å². The molecule has 2 aromatic carbocycles. The summed E-state index contributed by atoms with van der Waals surface area (Å²) in [5, 5.41) is 3.94. The Hall–Kier alpha value is -2.40. The van der Waals surface area contributed by atoms with Crippen LogP contribution in [0.25, 0.3) is 21.3 Å². The van der Waals surface area contributed by atoms with Gasteiger partial charge >= 0.3 is 6.01 Å². The molecule has 2 aromatic heterocycles. The summed E-state index contributed by atoms with van der Waals surface area (Å²) in [6, 6.07) is 12.7. The van der Waals surface area contributed by atoms with Crippen LogP contribution in [0, 0.1) is 13.8 Å². The van der Waals surface area contributed by atoms with Crippen LogP contribution in [0.3, 0.4) is 0 Å². The minimum absolute atomic E-state index is 0.478. The zero-order chi connectivity index (χ0) is 14.4. The minimum Gasteiger partial charge on any atom is -0.423 e. The van der Waals surface area contributed by atoms with Crippen molar-refractivity contribution in [1.29, 1.82) is 0 Å². The van der Waals surface area contributed by atoms with Crippen LogP contribution >= 0.6 is 11.3 Å². The summed E-state index contributed by atoms with van der Waals surface area (Å²) < 4.78 is 6.87. The van der Waals surface area contributed by atoms with Crippen molar-refractivity contribution in [2.75, 3.05) is 5.32 Å². The fourth-order valence-corrected chi connectivity index (χ4v) is 3.22. The summed E-state index contributed by atoms with van der Waals surface area (Å²) in [7, 11) is 0. The number of hydrogen-bond donors (Lipinski definition) is 1. The second-order valence-electron chi connectivity index (χ2n) is 5.11. The normalized spacial score (nSPS) is 11.3. The van der Waals surface area contributed by atoms with Crippen molar-refractivity contribution >= 4 is 43.8 Å². The number of oxazole rings is 1. The molecule has 0 amide bonds. The number of rotatable bonds is 2. The fourth-order valence-electron chi connectivity index (χ4n) is 2.26. The Balaban J connectivity index is 1.71. The van der Waals surface area contributed by atoms with Crippen LogP contribution in [0.1, 0.15) is 11.1 Å². The van der Waals surface area contributed by atoms with Crippen molar-refractivity contribution in [1.82, 2.24) is 9.97 Å². The number of aryl methyl sites for hydroxylation is 2. The average Bonchev–Trinajstić information content (AvgIpc) is 3.00. The number of aromatic nitrogens is 2. The zero-order valence-electron chi connectivity index (χ0n) is 11.7. The lowest BCUT2D eigenvalue weighted by molar-refractivity contribution is 0.623. The lowest BCUT2D eigenvalue weighted by Crippen LogP contribution is -1.88. The van der Waals surface area contributed by atoms with Gasteiger partial charge in [-0.15, -0.1) is 0 Å². The summed E-state index contributed by atoms with van der Waals surface area (Å²) in [5.74, 6) is 0. The molecule has 0 aliphatic rings. The highest BCUT2D eigenvalue weighted by Gasteiger charge is 2.09. The van der Waals surface area contributed by atoms with Crippen LogP contribution in [-0.4, -0.2) is 9.97 Å². The Morgan fingerprint density at radius 3 is 2.57 bits per heavy atom. The molecule has 21 heavy (non-hydrogen) atoms. The summed E-state index contributed by atoms with van der Waals surface area (Å²) >= 11 is 1.60. The quantitative estimate of drug-likeness (QED) is 0.577. The second kappa shape index (κ2) is 4.56. The molecule has 5 heteroatoms. The van der Waals surface area contributed by atoms with Crippen LogP contribution < -0.4 is 5.32 Å². The van der Waals surface area contributed by atoms with Gasteiger partial charge in [-0.3, -0.25) is 5.32 Å². The lowest BCUT2D eigenvalue weighted by Gasteiger charge is -1.92. The monoisotopic (exact) mass is 295 g/mol. The Morgan fingerprint density at radius 1 is 0.952 bits per heavy atom. The van der Waals surface area contributed by atoms with Gasteiger partial charge in [-0.1, -0.05) is 23.5 Å². The van der Waals surface area contributed by atoms with Crippen molar-refractivity contribution in [2.24, 2.45) is 0 Å². The molecule has 0 fully saturated rings. The summed E-state index contributed by atoms with van der Waals surface area (Å²) in [5.41, 5.74) is 5.00. The Kier molecular flexibility index (Phi) is 2.68. The number of nitrogens with one attached hydrogen (secondary N) is 1. The molecule has 0 unspecified atom stereocenters. The van der Waals surface area contributed by atoms with Crippen molar-refractivity contribution in [3.05, 3.63) is 47.5 Å². The van der Waals surface area contributed by atoms with E-state index in [0.29, 0.717) is 6.01 Å². The molecule has 0 radical (unpaired) electrons. The molecule has 0 saturated carbocycles. The van der Waals surface area contributed by atoms with E-state index in [2.05, 4.69) is 34.3 Å². The second-order valence-corrected chi connectivity index (χ2v) is 6.14. The summed E-state index contributed by atoms with van der Waals surface area (Å²) in [4.78, 5) is 8.97. The molecule has 0 atom stereocenters. The predicted molar refractivity (Wildman–Crippen MR) is 86.4 cm³/mol. The topological polar surface area (TPSA) is 51.0 Å². The molecule has 1 N–H and O–H groups in total. The first kappa shape index (κ1) is 12.3. The highest BCUT2D eigenvalue weighted by molar-refractivity contribution is 7.22. The van der Waals surface area contributed by atoms with Gasteiger partial charge in [0.1, 0.15) is 5.52 Å². The largest absolute Gasteiger partial charge is 0.423 e. The highest BCUT2D eigenvalue weighted by Crippen LogP contribution is 2.30. The highest BCUT2D eigenvalue weighted by atomic mass is 32.1. The molecule has 2 heterocycles. The number of anilines is 2. The maximum absolute atomic E-state index is 5.72. The van der Waals surface area contributed by atoms with E-state index < -0.39 is 0 Å². The maximum Gasteiger partial charge on any atom is 0.302 e. The molecule has 4 aromatic rings. The Morgan fingerprint density at radius 2 is 1.71 bits per heavy atom. The third kappa shape index (κ3) is 2.25. The molecular formula is C16H13N3OS. The zero-order valence-corrected chi connectivity index (χ0v) is 12.5. The van der Waals surface area contributed by atoms with E-state index in [1.54, 1.807) is 11.3 Å². The van der Waals surface area contributed by atoms with Gasteiger partial charge in [-0.2, -0.15) is 4.98 Å². The first-order valence-electron chi connectivity index (χ1n) is 6.69. The number of fused-ring (bicyclic) bond motifs is 2. The predicted octanol–water partition coefficient (Wildman–Crippen LogP) is 4.80. The van der Waals surface area contributed by atoms with Crippen molar-refractivity contribution in [2.45, 2.75) is 13.8 Å². The van der Waals surface area contributed by atoms with Crippen LogP contribution in [0.5, 0.6) is 0 Å². The van der Waals surface area contributed by atoms with Gasteiger partial charge in [0.05, 0.1) is 10.2 Å². The average molecular weight is 295 g/mol. The van der Waals surface area contributed by atoms with Crippen LogP contribution in [0.15, 0.2) is 40.8 Å². The van der Waals surface area contributed by atoms with Gasteiger partial charge in [-0.25, -0.2) is 4.98 Å². The van der Waals surface area contributed by atoms with E-state index in [-0.39, 0.29) is 0 Å². The van der Waals surface area contributed by atoms with Crippen LogP contribution in [-0.2, 0) is 0 Å². The van der Waals surface area contributed by atoms with Gasteiger partial charge < -0.3 is 4.42 Å². The Labute approximate surface area is 125 Å². The van der Waals surface area contributed by atoms with Gasteiger partial charge in [-0.05, 0) is 49.2 Å². The third-order valence-corrected chi connectivity index (χ3v) is 4.24. The summed E-state index contributed by atoms with van der Waals surface area (Å²) in [6.07, 6.45) is 0. The Bertz CT molecular complexity index is 877. The van der Waals surface area contributed by atoms with Crippen molar-refractivity contribution in [3.63, 3.8) is 0 Å². The van der Waals surface area contributed by atoms with Gasteiger partial charge in [0.25, 0.3) is 0 Å². The SMILES string of the molecule is Cc1ccc2nc(Nc3nc4ccc(C)cc4s3)oc2c1. The smallest absolute Gasteiger partial charge is 0.302 e.